The predicted molar refractivity (Wildman–Crippen MR) is 71.0 cm³/mol. The molecule has 1 amide bonds. The highest BCUT2D eigenvalue weighted by atomic mass is 32.2. The number of carbonyl (C=O) groups is 1. The quantitative estimate of drug-likeness (QED) is 0.485. The van der Waals surface area contributed by atoms with Gasteiger partial charge in [-0.25, -0.2) is 5.84 Å². The van der Waals surface area contributed by atoms with E-state index in [0.717, 1.165) is 24.5 Å². The van der Waals surface area contributed by atoms with Crippen LogP contribution in [0.2, 0.25) is 0 Å². The third-order valence-corrected chi connectivity index (χ3v) is 4.48. The number of pyridine rings is 1. The second-order valence-electron chi connectivity index (χ2n) is 4.23. The van der Waals surface area contributed by atoms with Gasteiger partial charge < -0.3 is 4.74 Å². The molecular formula is C12H17N3O2S. The Kier molecular flexibility index (Phi) is 4.57. The summed E-state index contributed by atoms with van der Waals surface area (Å²) in [5.74, 6) is 5.57. The van der Waals surface area contributed by atoms with Gasteiger partial charge in [0.2, 0.25) is 0 Å². The molecule has 18 heavy (non-hydrogen) atoms. The number of aromatic nitrogens is 1. The molecule has 5 nitrogen and oxygen atoms in total. The van der Waals surface area contributed by atoms with Crippen LogP contribution in [0.25, 0.3) is 0 Å². The molecule has 2 heterocycles. The van der Waals surface area contributed by atoms with E-state index in [1.807, 2.05) is 17.8 Å². The summed E-state index contributed by atoms with van der Waals surface area (Å²) in [6, 6.07) is 3.59. The average molecular weight is 267 g/mol. The van der Waals surface area contributed by atoms with Crippen molar-refractivity contribution < 1.29 is 9.53 Å². The Labute approximate surface area is 110 Å². The van der Waals surface area contributed by atoms with Crippen molar-refractivity contribution in [2.75, 3.05) is 6.61 Å². The number of nitrogens with zero attached hydrogens (tertiary/aromatic N) is 1. The van der Waals surface area contributed by atoms with Crippen LogP contribution >= 0.6 is 11.8 Å². The molecule has 98 valence electrons. The van der Waals surface area contributed by atoms with Gasteiger partial charge >= 0.3 is 0 Å². The number of nitrogen functional groups attached to an aromatic ring is 1. The molecule has 3 N–H and O–H groups in total. The summed E-state index contributed by atoms with van der Waals surface area (Å²) in [4.78, 5) is 15.5. The topological polar surface area (TPSA) is 77.2 Å². The molecule has 2 atom stereocenters. The Morgan fingerprint density at radius 3 is 3.06 bits per heavy atom. The average Bonchev–Trinajstić information content (AvgIpc) is 2.81. The second-order valence-corrected chi connectivity index (χ2v) is 5.45. The molecule has 1 aromatic heterocycles. The smallest absolute Gasteiger partial charge is 0.266 e. The lowest BCUT2D eigenvalue weighted by Crippen LogP contribution is -2.30. The fourth-order valence-corrected chi connectivity index (χ4v) is 3.02. The van der Waals surface area contributed by atoms with E-state index < -0.39 is 0 Å². The van der Waals surface area contributed by atoms with Crippen LogP contribution in [0.15, 0.2) is 18.3 Å². The van der Waals surface area contributed by atoms with Crippen LogP contribution in [0.5, 0.6) is 0 Å². The van der Waals surface area contributed by atoms with Crippen molar-refractivity contribution in [3.05, 3.63) is 29.6 Å². The molecule has 0 spiro atoms. The number of thioether (sulfide) groups is 1. The van der Waals surface area contributed by atoms with Crippen molar-refractivity contribution in [1.82, 2.24) is 10.4 Å². The molecule has 1 aliphatic heterocycles. The van der Waals surface area contributed by atoms with Crippen molar-refractivity contribution in [3.63, 3.8) is 0 Å². The molecule has 0 aliphatic carbocycles. The van der Waals surface area contributed by atoms with Gasteiger partial charge in [0.25, 0.3) is 5.91 Å². The van der Waals surface area contributed by atoms with Crippen molar-refractivity contribution >= 4 is 17.7 Å². The molecule has 0 radical (unpaired) electrons. The maximum atomic E-state index is 11.2. The third-order valence-electron chi connectivity index (χ3n) is 2.97. The third kappa shape index (κ3) is 3.22. The van der Waals surface area contributed by atoms with E-state index in [4.69, 9.17) is 10.6 Å². The Morgan fingerprint density at radius 1 is 1.67 bits per heavy atom. The van der Waals surface area contributed by atoms with Gasteiger partial charge in [0, 0.05) is 23.8 Å². The number of rotatable bonds is 4. The molecule has 1 saturated heterocycles. The van der Waals surface area contributed by atoms with Gasteiger partial charge in [0.05, 0.1) is 17.4 Å². The number of amides is 1. The van der Waals surface area contributed by atoms with E-state index in [-0.39, 0.29) is 5.91 Å². The molecule has 1 fully saturated rings. The first-order valence-corrected chi connectivity index (χ1v) is 6.94. The minimum Gasteiger partial charge on any atom is -0.377 e. The summed E-state index contributed by atoms with van der Waals surface area (Å²) < 4.78 is 5.51. The molecule has 2 rings (SSSR count). The molecule has 6 heteroatoms. The van der Waals surface area contributed by atoms with E-state index in [1.54, 1.807) is 12.3 Å². The lowest BCUT2D eigenvalue weighted by atomic mass is 10.2. The number of nitrogens with two attached hydrogens (primary N) is 1. The SMILES string of the molecule is CC1OCCC1SCc1ccc(C(=O)NN)cn1. The summed E-state index contributed by atoms with van der Waals surface area (Å²) in [7, 11) is 0. The highest BCUT2D eigenvalue weighted by Gasteiger charge is 2.24. The second kappa shape index (κ2) is 6.17. The van der Waals surface area contributed by atoms with Gasteiger partial charge in [0.15, 0.2) is 0 Å². The van der Waals surface area contributed by atoms with Gasteiger partial charge in [-0.15, -0.1) is 11.8 Å². The van der Waals surface area contributed by atoms with Crippen LogP contribution in [0.1, 0.15) is 29.4 Å². The monoisotopic (exact) mass is 267 g/mol. The fraction of sp³-hybridized carbons (Fsp3) is 0.500. The van der Waals surface area contributed by atoms with E-state index >= 15 is 0 Å². The Morgan fingerprint density at radius 2 is 2.50 bits per heavy atom. The van der Waals surface area contributed by atoms with E-state index in [0.29, 0.717) is 16.9 Å². The minimum absolute atomic E-state index is 0.317. The number of ether oxygens (including phenoxy) is 1. The van der Waals surface area contributed by atoms with Crippen LogP contribution in [0.3, 0.4) is 0 Å². The number of nitrogens with one attached hydrogen (secondary N) is 1. The van der Waals surface area contributed by atoms with Crippen LogP contribution in [-0.4, -0.2) is 28.9 Å². The molecule has 1 aromatic rings. The predicted octanol–water partition coefficient (Wildman–Crippen LogP) is 1.10. The van der Waals surface area contributed by atoms with Gasteiger partial charge in [-0.2, -0.15) is 0 Å². The number of hydrogen-bond acceptors (Lipinski definition) is 5. The highest BCUT2D eigenvalue weighted by Crippen LogP contribution is 2.28. The zero-order valence-corrected chi connectivity index (χ0v) is 11.1. The van der Waals surface area contributed by atoms with Gasteiger partial charge in [0.1, 0.15) is 0 Å². The Hall–Kier alpha value is -1.11. The standard InChI is InChI=1S/C12H17N3O2S/c1-8-11(4-5-17-8)18-7-10-3-2-9(6-14-10)12(16)15-13/h2-3,6,8,11H,4-5,7,13H2,1H3,(H,15,16). The van der Waals surface area contributed by atoms with Crippen molar-refractivity contribution in [2.24, 2.45) is 5.84 Å². The normalized spacial score (nSPS) is 23.0. The van der Waals surface area contributed by atoms with Crippen molar-refractivity contribution in [1.29, 1.82) is 0 Å². The summed E-state index contributed by atoms with van der Waals surface area (Å²) >= 11 is 1.85. The van der Waals surface area contributed by atoms with Crippen LogP contribution in [0, 0.1) is 0 Å². The first-order valence-electron chi connectivity index (χ1n) is 5.90. The van der Waals surface area contributed by atoms with Crippen LogP contribution < -0.4 is 11.3 Å². The lowest BCUT2D eigenvalue weighted by Gasteiger charge is -2.12. The first kappa shape index (κ1) is 13.3. The van der Waals surface area contributed by atoms with Gasteiger partial charge in [-0.1, -0.05) is 0 Å². The van der Waals surface area contributed by atoms with Crippen molar-refractivity contribution in [2.45, 2.75) is 30.5 Å². The minimum atomic E-state index is -0.320. The van der Waals surface area contributed by atoms with E-state index in [2.05, 4.69) is 17.3 Å². The molecule has 0 aromatic carbocycles. The molecular weight excluding hydrogens is 250 g/mol. The lowest BCUT2D eigenvalue weighted by molar-refractivity contribution is 0.0953. The number of hydrogen-bond donors (Lipinski definition) is 2. The van der Waals surface area contributed by atoms with Crippen LogP contribution in [-0.2, 0) is 10.5 Å². The summed E-state index contributed by atoms with van der Waals surface area (Å²) in [6.07, 6.45) is 2.96. The first-order chi connectivity index (χ1) is 8.70. The molecule has 2 unspecified atom stereocenters. The van der Waals surface area contributed by atoms with E-state index in [1.165, 1.54) is 0 Å². The van der Waals surface area contributed by atoms with Gasteiger partial charge in [-0.05, 0) is 25.5 Å². The van der Waals surface area contributed by atoms with E-state index in [9.17, 15) is 4.79 Å². The maximum absolute atomic E-state index is 11.2. The zero-order valence-electron chi connectivity index (χ0n) is 10.3. The summed E-state index contributed by atoms with van der Waals surface area (Å²) in [5, 5.41) is 0.541. The summed E-state index contributed by atoms with van der Waals surface area (Å²) in [6.45, 7) is 2.95. The summed E-state index contributed by atoms with van der Waals surface area (Å²) in [5.41, 5.74) is 3.52. The molecule has 0 bridgehead atoms. The Balaban J connectivity index is 1.88. The fourth-order valence-electron chi connectivity index (χ4n) is 1.85. The number of carbonyl (C=O) groups excluding carboxylic acids is 1. The Bertz CT molecular complexity index is 410. The maximum Gasteiger partial charge on any atom is 0.266 e. The van der Waals surface area contributed by atoms with Crippen molar-refractivity contribution in [3.8, 4) is 0 Å². The largest absolute Gasteiger partial charge is 0.377 e. The number of hydrazine groups is 1. The molecule has 1 aliphatic rings. The van der Waals surface area contributed by atoms with Crippen LogP contribution in [0.4, 0.5) is 0 Å². The molecule has 0 saturated carbocycles. The highest BCUT2D eigenvalue weighted by molar-refractivity contribution is 7.99. The zero-order chi connectivity index (χ0) is 13.0. The van der Waals surface area contributed by atoms with Gasteiger partial charge in [-0.3, -0.25) is 15.2 Å².